The van der Waals surface area contributed by atoms with Crippen molar-refractivity contribution in [3.63, 3.8) is 0 Å². The Bertz CT molecular complexity index is 431. The molecule has 0 aliphatic rings. The van der Waals surface area contributed by atoms with Crippen LogP contribution in [0.3, 0.4) is 0 Å². The van der Waals surface area contributed by atoms with Gasteiger partial charge in [-0.1, -0.05) is 19.1 Å². The summed E-state index contributed by atoms with van der Waals surface area (Å²) in [6.07, 6.45) is 1.68. The Morgan fingerprint density at radius 3 is 2.53 bits per heavy atom. The quantitative estimate of drug-likeness (QED) is 0.704. The lowest BCUT2D eigenvalue weighted by atomic mass is 10.1. The monoisotopic (exact) mass is 265 g/mol. The Labute approximate surface area is 112 Å². The number of ether oxygens (including phenoxy) is 1. The molecule has 2 N–H and O–H groups in total. The van der Waals surface area contributed by atoms with Crippen molar-refractivity contribution >= 4 is 11.9 Å². The number of aromatic carboxylic acids is 1. The van der Waals surface area contributed by atoms with Crippen LogP contribution in [0.15, 0.2) is 24.3 Å². The first kappa shape index (κ1) is 15.2. The van der Waals surface area contributed by atoms with Crippen LogP contribution < -0.4 is 5.32 Å². The van der Waals surface area contributed by atoms with Crippen LogP contribution in [0.5, 0.6) is 0 Å². The van der Waals surface area contributed by atoms with E-state index in [-0.39, 0.29) is 17.0 Å². The minimum Gasteiger partial charge on any atom is -0.478 e. The number of rotatable bonds is 8. The van der Waals surface area contributed by atoms with Crippen molar-refractivity contribution in [1.29, 1.82) is 0 Å². The second kappa shape index (κ2) is 8.26. The summed E-state index contributed by atoms with van der Waals surface area (Å²) in [7, 11) is 0. The number of hydrogen-bond donors (Lipinski definition) is 2. The number of carbonyl (C=O) groups excluding carboxylic acids is 1. The van der Waals surface area contributed by atoms with Crippen LogP contribution in [0.2, 0.25) is 0 Å². The lowest BCUT2D eigenvalue weighted by Gasteiger charge is -2.07. The molecule has 0 atom stereocenters. The van der Waals surface area contributed by atoms with E-state index in [2.05, 4.69) is 5.32 Å². The number of nitrogens with one attached hydrogen (secondary N) is 1. The normalized spacial score (nSPS) is 10.2. The molecule has 0 aliphatic carbocycles. The maximum atomic E-state index is 11.8. The predicted molar refractivity (Wildman–Crippen MR) is 71.5 cm³/mol. The largest absolute Gasteiger partial charge is 0.478 e. The van der Waals surface area contributed by atoms with Gasteiger partial charge in [0.05, 0.1) is 11.1 Å². The van der Waals surface area contributed by atoms with E-state index in [9.17, 15) is 9.59 Å². The van der Waals surface area contributed by atoms with E-state index in [4.69, 9.17) is 9.84 Å². The topological polar surface area (TPSA) is 75.6 Å². The van der Waals surface area contributed by atoms with Gasteiger partial charge in [0.2, 0.25) is 0 Å². The molecule has 0 saturated heterocycles. The van der Waals surface area contributed by atoms with Gasteiger partial charge in [0.25, 0.3) is 5.91 Å². The molecule has 104 valence electrons. The molecule has 0 unspecified atom stereocenters. The molecule has 1 aromatic carbocycles. The van der Waals surface area contributed by atoms with Gasteiger partial charge in [0.15, 0.2) is 0 Å². The van der Waals surface area contributed by atoms with Gasteiger partial charge >= 0.3 is 5.97 Å². The van der Waals surface area contributed by atoms with Gasteiger partial charge in [0.1, 0.15) is 0 Å². The van der Waals surface area contributed by atoms with E-state index in [1.165, 1.54) is 12.1 Å². The standard InChI is InChI=1S/C14H19NO4/c1-2-9-19-10-5-8-15-13(16)11-6-3-4-7-12(11)14(17)18/h3-4,6-7H,2,5,8-10H2,1H3,(H,15,16)(H,17,18). The highest BCUT2D eigenvalue weighted by Crippen LogP contribution is 2.08. The van der Waals surface area contributed by atoms with Crippen molar-refractivity contribution in [2.75, 3.05) is 19.8 Å². The molecule has 1 aromatic rings. The van der Waals surface area contributed by atoms with Crippen molar-refractivity contribution < 1.29 is 19.4 Å². The highest BCUT2D eigenvalue weighted by molar-refractivity contribution is 6.04. The van der Waals surface area contributed by atoms with E-state index in [0.29, 0.717) is 19.6 Å². The summed E-state index contributed by atoms with van der Waals surface area (Å²) in [4.78, 5) is 22.8. The van der Waals surface area contributed by atoms with Crippen molar-refractivity contribution in [3.8, 4) is 0 Å². The fraction of sp³-hybridized carbons (Fsp3) is 0.429. The highest BCUT2D eigenvalue weighted by atomic mass is 16.5. The smallest absolute Gasteiger partial charge is 0.336 e. The summed E-state index contributed by atoms with van der Waals surface area (Å²) in [5.74, 6) is -1.47. The lowest BCUT2D eigenvalue weighted by Crippen LogP contribution is -2.27. The Morgan fingerprint density at radius 2 is 1.89 bits per heavy atom. The van der Waals surface area contributed by atoms with Crippen LogP contribution in [-0.2, 0) is 4.74 Å². The summed E-state index contributed by atoms with van der Waals surface area (Å²) < 4.78 is 5.29. The summed E-state index contributed by atoms with van der Waals surface area (Å²) in [6, 6.07) is 6.17. The molecular weight excluding hydrogens is 246 g/mol. The molecule has 0 aliphatic heterocycles. The molecule has 0 heterocycles. The number of amides is 1. The summed E-state index contributed by atoms with van der Waals surface area (Å²) >= 11 is 0. The van der Waals surface area contributed by atoms with Crippen LogP contribution in [0.25, 0.3) is 0 Å². The summed E-state index contributed by atoms with van der Waals surface area (Å²) in [5.41, 5.74) is 0.201. The van der Waals surface area contributed by atoms with E-state index in [0.717, 1.165) is 13.0 Å². The average Bonchev–Trinajstić information content (AvgIpc) is 2.42. The molecule has 0 saturated carbocycles. The average molecular weight is 265 g/mol. The van der Waals surface area contributed by atoms with Gasteiger partial charge in [-0.05, 0) is 25.0 Å². The summed E-state index contributed by atoms with van der Waals surface area (Å²) in [6.45, 7) is 3.81. The second-order valence-electron chi connectivity index (χ2n) is 4.07. The minimum absolute atomic E-state index is 0.0160. The first-order chi connectivity index (χ1) is 9.16. The number of carboxylic acid groups (broad SMARTS) is 1. The molecule has 5 nitrogen and oxygen atoms in total. The van der Waals surface area contributed by atoms with Crippen LogP contribution >= 0.6 is 0 Å². The lowest BCUT2D eigenvalue weighted by molar-refractivity contribution is 0.0690. The first-order valence-electron chi connectivity index (χ1n) is 6.35. The van der Waals surface area contributed by atoms with Gasteiger partial charge in [-0.3, -0.25) is 4.79 Å². The van der Waals surface area contributed by atoms with Gasteiger partial charge in [0, 0.05) is 19.8 Å². The molecule has 0 fully saturated rings. The van der Waals surface area contributed by atoms with E-state index < -0.39 is 5.97 Å². The fourth-order valence-corrected chi connectivity index (χ4v) is 1.59. The Hall–Kier alpha value is -1.88. The van der Waals surface area contributed by atoms with Gasteiger partial charge in [-0.15, -0.1) is 0 Å². The predicted octanol–water partition coefficient (Wildman–Crippen LogP) is 1.93. The Morgan fingerprint density at radius 1 is 1.21 bits per heavy atom. The van der Waals surface area contributed by atoms with Gasteiger partial charge in [-0.25, -0.2) is 4.79 Å². The molecule has 0 bridgehead atoms. The van der Waals surface area contributed by atoms with Gasteiger partial charge < -0.3 is 15.2 Å². The van der Waals surface area contributed by atoms with Crippen LogP contribution in [0, 0.1) is 0 Å². The van der Waals surface area contributed by atoms with Crippen molar-refractivity contribution in [2.24, 2.45) is 0 Å². The molecule has 5 heteroatoms. The minimum atomic E-state index is -1.10. The third-order valence-electron chi connectivity index (χ3n) is 2.50. The molecule has 0 radical (unpaired) electrons. The maximum Gasteiger partial charge on any atom is 0.336 e. The number of carboxylic acids is 1. The van der Waals surface area contributed by atoms with Crippen molar-refractivity contribution in [3.05, 3.63) is 35.4 Å². The maximum absolute atomic E-state index is 11.8. The molecule has 19 heavy (non-hydrogen) atoms. The van der Waals surface area contributed by atoms with Crippen LogP contribution in [0.4, 0.5) is 0 Å². The number of carbonyl (C=O) groups is 2. The van der Waals surface area contributed by atoms with E-state index in [1.54, 1.807) is 12.1 Å². The van der Waals surface area contributed by atoms with Crippen molar-refractivity contribution in [2.45, 2.75) is 19.8 Å². The zero-order valence-electron chi connectivity index (χ0n) is 11.0. The third kappa shape index (κ3) is 5.09. The third-order valence-corrected chi connectivity index (χ3v) is 2.50. The number of hydrogen-bond acceptors (Lipinski definition) is 3. The fourth-order valence-electron chi connectivity index (χ4n) is 1.59. The van der Waals surface area contributed by atoms with Gasteiger partial charge in [-0.2, -0.15) is 0 Å². The Kier molecular flexibility index (Phi) is 6.60. The van der Waals surface area contributed by atoms with Crippen LogP contribution in [-0.4, -0.2) is 36.7 Å². The highest BCUT2D eigenvalue weighted by Gasteiger charge is 2.14. The summed E-state index contributed by atoms with van der Waals surface area (Å²) in [5, 5.41) is 11.7. The molecule has 0 spiro atoms. The molecule has 1 rings (SSSR count). The van der Waals surface area contributed by atoms with Crippen LogP contribution in [0.1, 0.15) is 40.5 Å². The van der Waals surface area contributed by atoms with Crippen molar-refractivity contribution in [1.82, 2.24) is 5.32 Å². The molecular formula is C14H19NO4. The number of benzene rings is 1. The molecule has 0 aromatic heterocycles. The van der Waals surface area contributed by atoms with E-state index >= 15 is 0 Å². The SMILES string of the molecule is CCCOCCCNC(=O)c1ccccc1C(=O)O. The second-order valence-corrected chi connectivity index (χ2v) is 4.07. The van der Waals surface area contributed by atoms with E-state index in [1.807, 2.05) is 6.92 Å². The zero-order valence-corrected chi connectivity index (χ0v) is 11.0. The Balaban J connectivity index is 2.43. The first-order valence-corrected chi connectivity index (χ1v) is 6.35. The molecule has 1 amide bonds. The zero-order chi connectivity index (χ0) is 14.1.